The lowest BCUT2D eigenvalue weighted by atomic mass is 10.1. The monoisotopic (exact) mass is 299 g/mol. The van der Waals surface area contributed by atoms with Crippen molar-refractivity contribution in [3.63, 3.8) is 0 Å². The largest absolute Gasteiger partial charge is 0.481 e. The van der Waals surface area contributed by atoms with E-state index in [9.17, 15) is 9.59 Å². The summed E-state index contributed by atoms with van der Waals surface area (Å²) in [5, 5.41) is 15.6. The van der Waals surface area contributed by atoms with Gasteiger partial charge in [-0.3, -0.25) is 14.3 Å². The SMILES string of the molecule is Cc1nn(C)c(C)c1CCCNC(=O)CSCC(=O)O. The Labute approximate surface area is 122 Å². The maximum absolute atomic E-state index is 11.4. The third-order valence-electron chi connectivity index (χ3n) is 3.04. The van der Waals surface area contributed by atoms with Gasteiger partial charge in [0, 0.05) is 19.3 Å². The minimum absolute atomic E-state index is 0.0402. The molecule has 20 heavy (non-hydrogen) atoms. The molecule has 7 heteroatoms. The van der Waals surface area contributed by atoms with E-state index in [4.69, 9.17) is 5.11 Å². The number of rotatable bonds is 8. The second kappa shape index (κ2) is 7.94. The van der Waals surface area contributed by atoms with E-state index in [1.54, 1.807) is 0 Å². The lowest BCUT2D eigenvalue weighted by Crippen LogP contribution is -2.27. The minimum atomic E-state index is -0.898. The molecular formula is C13H21N3O3S. The van der Waals surface area contributed by atoms with Crippen LogP contribution >= 0.6 is 11.8 Å². The predicted octanol–water partition coefficient (Wildman–Crippen LogP) is 0.904. The zero-order valence-electron chi connectivity index (χ0n) is 12.1. The smallest absolute Gasteiger partial charge is 0.313 e. The van der Waals surface area contributed by atoms with Crippen LogP contribution in [-0.4, -0.2) is 44.8 Å². The molecule has 0 saturated carbocycles. The van der Waals surface area contributed by atoms with Gasteiger partial charge in [0.15, 0.2) is 0 Å². The van der Waals surface area contributed by atoms with Gasteiger partial charge in [-0.25, -0.2) is 0 Å². The van der Waals surface area contributed by atoms with E-state index in [0.29, 0.717) is 6.54 Å². The van der Waals surface area contributed by atoms with E-state index < -0.39 is 5.97 Å². The number of hydrogen-bond acceptors (Lipinski definition) is 4. The fraction of sp³-hybridized carbons (Fsp3) is 0.615. The molecule has 0 atom stereocenters. The number of aryl methyl sites for hydroxylation is 2. The Hall–Kier alpha value is -1.50. The van der Waals surface area contributed by atoms with Crippen LogP contribution in [-0.2, 0) is 23.1 Å². The van der Waals surface area contributed by atoms with E-state index in [1.807, 2.05) is 25.6 Å². The molecule has 0 aliphatic heterocycles. The first-order valence-corrected chi connectivity index (χ1v) is 7.62. The van der Waals surface area contributed by atoms with Crippen LogP contribution in [0.5, 0.6) is 0 Å². The Bertz CT molecular complexity index is 485. The average Bonchev–Trinajstić information content (AvgIpc) is 2.59. The fourth-order valence-corrected chi connectivity index (χ4v) is 2.52. The molecule has 0 unspecified atom stereocenters. The van der Waals surface area contributed by atoms with E-state index in [2.05, 4.69) is 10.4 Å². The van der Waals surface area contributed by atoms with Gasteiger partial charge in [-0.1, -0.05) is 0 Å². The lowest BCUT2D eigenvalue weighted by molar-refractivity contribution is -0.133. The lowest BCUT2D eigenvalue weighted by Gasteiger charge is -2.05. The molecule has 2 N–H and O–H groups in total. The first-order valence-electron chi connectivity index (χ1n) is 6.47. The third kappa shape index (κ3) is 5.24. The van der Waals surface area contributed by atoms with Crippen molar-refractivity contribution in [1.82, 2.24) is 15.1 Å². The number of nitrogens with zero attached hydrogens (tertiary/aromatic N) is 2. The summed E-state index contributed by atoms with van der Waals surface area (Å²) in [5.74, 6) is -0.861. The standard InChI is InChI=1S/C13H21N3O3S/c1-9-11(10(2)16(3)15-9)5-4-6-14-12(17)7-20-8-13(18)19/h4-8H2,1-3H3,(H,14,17)(H,18,19). The molecular weight excluding hydrogens is 278 g/mol. The van der Waals surface area contributed by atoms with Crippen molar-refractivity contribution >= 4 is 23.6 Å². The summed E-state index contributed by atoms with van der Waals surface area (Å²) in [5.41, 5.74) is 3.43. The van der Waals surface area contributed by atoms with Crippen molar-refractivity contribution in [3.05, 3.63) is 17.0 Å². The summed E-state index contributed by atoms with van der Waals surface area (Å²) in [6.45, 7) is 4.63. The highest BCUT2D eigenvalue weighted by Gasteiger charge is 2.09. The summed E-state index contributed by atoms with van der Waals surface area (Å²) >= 11 is 1.11. The van der Waals surface area contributed by atoms with Gasteiger partial charge in [0.2, 0.25) is 5.91 Å². The highest BCUT2D eigenvalue weighted by atomic mass is 32.2. The third-order valence-corrected chi connectivity index (χ3v) is 3.96. The molecule has 6 nitrogen and oxygen atoms in total. The van der Waals surface area contributed by atoms with Gasteiger partial charge in [0.25, 0.3) is 0 Å². The Morgan fingerprint density at radius 1 is 1.35 bits per heavy atom. The molecule has 1 heterocycles. The molecule has 0 saturated heterocycles. The zero-order chi connectivity index (χ0) is 15.1. The van der Waals surface area contributed by atoms with Crippen LogP contribution in [0.2, 0.25) is 0 Å². The van der Waals surface area contributed by atoms with E-state index in [1.165, 1.54) is 5.56 Å². The summed E-state index contributed by atoms with van der Waals surface area (Å²) in [7, 11) is 1.92. The Balaban J connectivity index is 2.21. The van der Waals surface area contributed by atoms with E-state index in [0.717, 1.165) is 36.0 Å². The van der Waals surface area contributed by atoms with Gasteiger partial charge in [0.05, 0.1) is 17.2 Å². The van der Waals surface area contributed by atoms with Crippen LogP contribution in [0, 0.1) is 13.8 Å². The van der Waals surface area contributed by atoms with Gasteiger partial charge in [0.1, 0.15) is 0 Å². The first-order chi connectivity index (χ1) is 9.41. The molecule has 0 aliphatic rings. The molecule has 112 valence electrons. The normalized spacial score (nSPS) is 10.6. The summed E-state index contributed by atoms with van der Waals surface area (Å²) in [4.78, 5) is 21.7. The first kappa shape index (κ1) is 16.6. The van der Waals surface area contributed by atoms with Crippen LogP contribution in [0.25, 0.3) is 0 Å². The number of amides is 1. The minimum Gasteiger partial charge on any atom is -0.481 e. The summed E-state index contributed by atoms with van der Waals surface area (Å²) in [6.07, 6.45) is 1.73. The number of carboxylic acids is 1. The topological polar surface area (TPSA) is 84.2 Å². The molecule has 0 aromatic carbocycles. The Kier molecular flexibility index (Phi) is 6.57. The zero-order valence-corrected chi connectivity index (χ0v) is 12.9. The number of carboxylic acid groups (broad SMARTS) is 1. The van der Waals surface area contributed by atoms with Crippen molar-refractivity contribution in [2.75, 3.05) is 18.1 Å². The van der Waals surface area contributed by atoms with Gasteiger partial charge in [-0.15, -0.1) is 11.8 Å². The maximum Gasteiger partial charge on any atom is 0.313 e. The molecule has 0 spiro atoms. The molecule has 1 rings (SSSR count). The predicted molar refractivity (Wildman–Crippen MR) is 79.0 cm³/mol. The van der Waals surface area contributed by atoms with Gasteiger partial charge in [-0.05, 0) is 32.3 Å². The van der Waals surface area contributed by atoms with Crippen molar-refractivity contribution in [2.45, 2.75) is 26.7 Å². The molecule has 1 aromatic rings. The molecule has 0 radical (unpaired) electrons. The number of aliphatic carboxylic acids is 1. The Morgan fingerprint density at radius 3 is 2.60 bits per heavy atom. The fourth-order valence-electron chi connectivity index (χ4n) is 1.95. The van der Waals surface area contributed by atoms with Gasteiger partial charge in [-0.2, -0.15) is 5.10 Å². The summed E-state index contributed by atoms with van der Waals surface area (Å²) < 4.78 is 1.87. The molecule has 0 bridgehead atoms. The molecule has 0 fully saturated rings. The number of thioether (sulfide) groups is 1. The average molecular weight is 299 g/mol. The highest BCUT2D eigenvalue weighted by molar-refractivity contribution is 8.00. The van der Waals surface area contributed by atoms with Crippen molar-refractivity contribution in [2.24, 2.45) is 7.05 Å². The molecule has 1 amide bonds. The van der Waals surface area contributed by atoms with Crippen LogP contribution in [0.1, 0.15) is 23.4 Å². The van der Waals surface area contributed by atoms with Crippen molar-refractivity contribution in [3.8, 4) is 0 Å². The van der Waals surface area contributed by atoms with Crippen LogP contribution < -0.4 is 5.32 Å². The van der Waals surface area contributed by atoms with Gasteiger partial charge < -0.3 is 10.4 Å². The summed E-state index contributed by atoms with van der Waals surface area (Å²) in [6, 6.07) is 0. The van der Waals surface area contributed by atoms with Crippen LogP contribution in [0.3, 0.4) is 0 Å². The maximum atomic E-state index is 11.4. The molecule has 0 aliphatic carbocycles. The second-order valence-electron chi connectivity index (χ2n) is 4.61. The second-order valence-corrected chi connectivity index (χ2v) is 5.60. The quantitative estimate of drug-likeness (QED) is 0.697. The number of aromatic nitrogens is 2. The number of hydrogen-bond donors (Lipinski definition) is 2. The van der Waals surface area contributed by atoms with Gasteiger partial charge >= 0.3 is 5.97 Å². The van der Waals surface area contributed by atoms with Crippen molar-refractivity contribution < 1.29 is 14.7 Å². The van der Waals surface area contributed by atoms with E-state index >= 15 is 0 Å². The number of carbonyl (C=O) groups excluding carboxylic acids is 1. The number of nitrogens with one attached hydrogen (secondary N) is 1. The van der Waals surface area contributed by atoms with Crippen LogP contribution in [0.4, 0.5) is 0 Å². The number of carbonyl (C=O) groups is 2. The molecule has 1 aromatic heterocycles. The van der Waals surface area contributed by atoms with Crippen molar-refractivity contribution in [1.29, 1.82) is 0 Å². The Morgan fingerprint density at radius 2 is 2.05 bits per heavy atom. The highest BCUT2D eigenvalue weighted by Crippen LogP contribution is 2.13. The van der Waals surface area contributed by atoms with E-state index in [-0.39, 0.29) is 17.4 Å². The van der Waals surface area contributed by atoms with Crippen LogP contribution in [0.15, 0.2) is 0 Å².